The predicted molar refractivity (Wildman–Crippen MR) is 64.9 cm³/mol. The van der Waals surface area contributed by atoms with Crippen LogP contribution in [0.15, 0.2) is 24.3 Å². The SMILES string of the molecule is COCC(N)CCNC(=O)c1ccccc1O. The maximum Gasteiger partial charge on any atom is 0.255 e. The summed E-state index contributed by atoms with van der Waals surface area (Å²) in [5.41, 5.74) is 5.98. The van der Waals surface area contributed by atoms with Gasteiger partial charge in [0.2, 0.25) is 0 Å². The Morgan fingerprint density at radius 1 is 1.53 bits per heavy atom. The Hall–Kier alpha value is -1.59. The molecule has 0 saturated carbocycles. The Morgan fingerprint density at radius 3 is 2.88 bits per heavy atom. The molecule has 1 amide bonds. The molecule has 0 radical (unpaired) electrons. The number of phenolic OH excluding ortho intramolecular Hbond substituents is 1. The van der Waals surface area contributed by atoms with Gasteiger partial charge in [-0.2, -0.15) is 0 Å². The summed E-state index contributed by atoms with van der Waals surface area (Å²) in [6.45, 7) is 0.921. The van der Waals surface area contributed by atoms with E-state index in [1.807, 2.05) is 0 Å². The van der Waals surface area contributed by atoms with Gasteiger partial charge in [0.1, 0.15) is 5.75 Å². The van der Waals surface area contributed by atoms with E-state index < -0.39 is 0 Å². The minimum Gasteiger partial charge on any atom is -0.507 e. The van der Waals surface area contributed by atoms with Gasteiger partial charge >= 0.3 is 0 Å². The molecule has 0 saturated heterocycles. The number of nitrogens with two attached hydrogens (primary N) is 1. The maximum absolute atomic E-state index is 11.7. The number of methoxy groups -OCH3 is 1. The van der Waals surface area contributed by atoms with Gasteiger partial charge in [0, 0.05) is 19.7 Å². The summed E-state index contributed by atoms with van der Waals surface area (Å²) < 4.78 is 4.89. The molecule has 0 heterocycles. The third-order valence-electron chi connectivity index (χ3n) is 2.33. The van der Waals surface area contributed by atoms with Crippen LogP contribution < -0.4 is 11.1 Å². The van der Waals surface area contributed by atoms with Crippen LogP contribution in [-0.2, 0) is 4.74 Å². The minimum atomic E-state index is -0.298. The second-order valence-corrected chi connectivity index (χ2v) is 3.78. The molecule has 0 aliphatic heterocycles. The molecule has 1 rings (SSSR count). The van der Waals surface area contributed by atoms with Gasteiger partial charge in [-0.25, -0.2) is 0 Å². The molecule has 0 fully saturated rings. The largest absolute Gasteiger partial charge is 0.507 e. The van der Waals surface area contributed by atoms with Crippen molar-refractivity contribution in [2.24, 2.45) is 5.73 Å². The van der Waals surface area contributed by atoms with Crippen LogP contribution in [-0.4, -0.2) is 37.3 Å². The normalized spacial score (nSPS) is 12.1. The van der Waals surface area contributed by atoms with Gasteiger partial charge in [0.05, 0.1) is 12.2 Å². The molecular formula is C12H18N2O3. The van der Waals surface area contributed by atoms with Crippen molar-refractivity contribution >= 4 is 5.91 Å². The van der Waals surface area contributed by atoms with E-state index in [2.05, 4.69) is 5.32 Å². The predicted octanol–water partition coefficient (Wildman–Crippen LogP) is 0.486. The minimum absolute atomic E-state index is 0.0220. The van der Waals surface area contributed by atoms with Gasteiger partial charge in [0.25, 0.3) is 5.91 Å². The lowest BCUT2D eigenvalue weighted by Crippen LogP contribution is -2.32. The summed E-state index contributed by atoms with van der Waals surface area (Å²) in [6.07, 6.45) is 0.632. The van der Waals surface area contributed by atoms with Crippen LogP contribution in [0.2, 0.25) is 0 Å². The van der Waals surface area contributed by atoms with E-state index >= 15 is 0 Å². The lowest BCUT2D eigenvalue weighted by Gasteiger charge is -2.11. The zero-order valence-electron chi connectivity index (χ0n) is 9.85. The van der Waals surface area contributed by atoms with E-state index in [4.69, 9.17) is 10.5 Å². The molecule has 0 aliphatic rings. The van der Waals surface area contributed by atoms with Crippen molar-refractivity contribution in [2.75, 3.05) is 20.3 Å². The average Bonchev–Trinajstić information content (AvgIpc) is 2.29. The molecule has 0 aliphatic carbocycles. The second kappa shape index (κ2) is 6.88. The first kappa shape index (κ1) is 13.5. The van der Waals surface area contributed by atoms with Gasteiger partial charge < -0.3 is 20.9 Å². The maximum atomic E-state index is 11.7. The third kappa shape index (κ3) is 4.42. The molecule has 94 valence electrons. The Bertz CT molecular complexity index is 369. The van der Waals surface area contributed by atoms with E-state index in [0.717, 1.165) is 0 Å². The first-order chi connectivity index (χ1) is 8.15. The highest BCUT2D eigenvalue weighted by Gasteiger charge is 2.10. The van der Waals surface area contributed by atoms with Crippen LogP contribution in [0, 0.1) is 0 Å². The molecule has 4 N–H and O–H groups in total. The lowest BCUT2D eigenvalue weighted by molar-refractivity contribution is 0.0947. The monoisotopic (exact) mass is 238 g/mol. The average molecular weight is 238 g/mol. The summed E-state index contributed by atoms with van der Waals surface area (Å²) in [5, 5.41) is 12.2. The zero-order chi connectivity index (χ0) is 12.7. The summed E-state index contributed by atoms with van der Waals surface area (Å²) >= 11 is 0. The first-order valence-corrected chi connectivity index (χ1v) is 5.46. The van der Waals surface area contributed by atoms with Crippen LogP contribution in [0.25, 0.3) is 0 Å². The fourth-order valence-electron chi connectivity index (χ4n) is 1.43. The number of hydrogen-bond donors (Lipinski definition) is 3. The number of phenols is 1. The Kier molecular flexibility index (Phi) is 5.45. The van der Waals surface area contributed by atoms with Gasteiger partial charge in [-0.15, -0.1) is 0 Å². The van der Waals surface area contributed by atoms with Crippen LogP contribution in [0.3, 0.4) is 0 Å². The van der Waals surface area contributed by atoms with Gasteiger partial charge in [0.15, 0.2) is 0 Å². The third-order valence-corrected chi connectivity index (χ3v) is 2.33. The highest BCUT2D eigenvalue weighted by molar-refractivity contribution is 5.96. The number of para-hydroxylation sites is 1. The smallest absolute Gasteiger partial charge is 0.255 e. The van der Waals surface area contributed by atoms with Crippen LogP contribution >= 0.6 is 0 Å². The fourth-order valence-corrected chi connectivity index (χ4v) is 1.43. The summed E-state index contributed by atoms with van der Waals surface area (Å²) in [4.78, 5) is 11.7. The summed E-state index contributed by atoms with van der Waals surface area (Å²) in [5.74, 6) is -0.320. The molecule has 0 bridgehead atoms. The number of carbonyl (C=O) groups excluding carboxylic acids is 1. The van der Waals surface area contributed by atoms with Crippen molar-refractivity contribution in [1.82, 2.24) is 5.32 Å². The Labute approximate surface area is 101 Å². The molecule has 1 atom stereocenters. The number of benzene rings is 1. The van der Waals surface area contributed by atoms with E-state index in [1.165, 1.54) is 6.07 Å². The van der Waals surface area contributed by atoms with E-state index in [-0.39, 0.29) is 23.3 Å². The molecule has 17 heavy (non-hydrogen) atoms. The van der Waals surface area contributed by atoms with Crippen molar-refractivity contribution in [3.8, 4) is 5.75 Å². The van der Waals surface area contributed by atoms with E-state index in [9.17, 15) is 9.90 Å². The molecular weight excluding hydrogens is 220 g/mol. The Balaban J connectivity index is 2.38. The van der Waals surface area contributed by atoms with Crippen molar-refractivity contribution in [3.05, 3.63) is 29.8 Å². The van der Waals surface area contributed by atoms with Crippen LogP contribution in [0.4, 0.5) is 0 Å². The number of amides is 1. The lowest BCUT2D eigenvalue weighted by atomic mass is 10.2. The molecule has 1 unspecified atom stereocenters. The van der Waals surface area contributed by atoms with Gasteiger partial charge in [-0.05, 0) is 18.6 Å². The number of hydrogen-bond acceptors (Lipinski definition) is 4. The highest BCUT2D eigenvalue weighted by atomic mass is 16.5. The standard InChI is InChI=1S/C12H18N2O3/c1-17-8-9(13)6-7-14-12(16)10-4-2-3-5-11(10)15/h2-5,9,15H,6-8,13H2,1H3,(H,14,16). The van der Waals surface area contributed by atoms with Crippen molar-refractivity contribution in [1.29, 1.82) is 0 Å². The number of nitrogens with one attached hydrogen (secondary N) is 1. The van der Waals surface area contributed by atoms with E-state index in [1.54, 1.807) is 25.3 Å². The topological polar surface area (TPSA) is 84.6 Å². The zero-order valence-corrected chi connectivity index (χ0v) is 9.85. The van der Waals surface area contributed by atoms with Crippen molar-refractivity contribution < 1.29 is 14.6 Å². The molecule has 1 aromatic carbocycles. The number of carbonyl (C=O) groups is 1. The number of ether oxygens (including phenoxy) is 1. The number of rotatable bonds is 6. The molecule has 1 aromatic rings. The van der Waals surface area contributed by atoms with Gasteiger partial charge in [-0.1, -0.05) is 12.1 Å². The molecule has 5 heteroatoms. The fraction of sp³-hybridized carbons (Fsp3) is 0.417. The molecule has 0 aromatic heterocycles. The van der Waals surface area contributed by atoms with Crippen molar-refractivity contribution in [3.63, 3.8) is 0 Å². The van der Waals surface area contributed by atoms with E-state index in [0.29, 0.717) is 19.6 Å². The quantitative estimate of drug-likeness (QED) is 0.673. The van der Waals surface area contributed by atoms with Gasteiger partial charge in [-0.3, -0.25) is 4.79 Å². The van der Waals surface area contributed by atoms with Crippen molar-refractivity contribution in [2.45, 2.75) is 12.5 Å². The Morgan fingerprint density at radius 2 is 2.24 bits per heavy atom. The first-order valence-electron chi connectivity index (χ1n) is 5.46. The highest BCUT2D eigenvalue weighted by Crippen LogP contribution is 2.14. The molecule has 0 spiro atoms. The van der Waals surface area contributed by atoms with Crippen LogP contribution in [0.5, 0.6) is 5.75 Å². The second-order valence-electron chi connectivity index (χ2n) is 3.78. The number of aromatic hydroxyl groups is 1. The summed E-state index contributed by atoms with van der Waals surface area (Å²) in [6, 6.07) is 6.32. The van der Waals surface area contributed by atoms with Crippen LogP contribution in [0.1, 0.15) is 16.8 Å². The molecule has 5 nitrogen and oxygen atoms in total. The summed E-state index contributed by atoms with van der Waals surface area (Å²) in [7, 11) is 1.58.